The van der Waals surface area contributed by atoms with Crippen LogP contribution in [-0.4, -0.2) is 5.78 Å². The number of nitrogens with two attached hydrogens (primary N) is 1. The molecule has 2 rings (SSSR count). The van der Waals surface area contributed by atoms with Gasteiger partial charge in [0.15, 0.2) is 5.78 Å². The van der Waals surface area contributed by atoms with E-state index >= 15 is 0 Å². The fourth-order valence-corrected chi connectivity index (χ4v) is 1.83. The zero-order valence-corrected chi connectivity index (χ0v) is 9.95. The number of carbonyl (C=O) groups is 1. The second-order valence-corrected chi connectivity index (χ2v) is 4.19. The maximum absolute atomic E-state index is 12.0. The van der Waals surface area contributed by atoms with Crippen LogP contribution in [0.5, 0.6) is 0 Å². The Morgan fingerprint density at radius 3 is 2.47 bits per heavy atom. The number of para-hydroxylation sites is 1. The van der Waals surface area contributed by atoms with Crippen molar-refractivity contribution >= 4 is 23.1 Å². The normalized spacial score (nSPS) is 10.2. The Kier molecular flexibility index (Phi) is 3.45. The summed E-state index contributed by atoms with van der Waals surface area (Å²) in [7, 11) is 0. The van der Waals surface area contributed by atoms with E-state index in [9.17, 15) is 4.79 Å². The topological polar surface area (TPSA) is 43.1 Å². The summed E-state index contributed by atoms with van der Waals surface area (Å²) < 4.78 is 0. The number of carbonyl (C=O) groups excluding carboxylic acids is 1. The molecule has 0 saturated heterocycles. The van der Waals surface area contributed by atoms with Crippen LogP contribution in [0.4, 0.5) is 5.69 Å². The molecule has 0 spiro atoms. The minimum Gasteiger partial charge on any atom is -0.397 e. The van der Waals surface area contributed by atoms with Crippen LogP contribution in [-0.2, 0) is 6.42 Å². The van der Waals surface area contributed by atoms with Crippen molar-refractivity contribution in [3.05, 3.63) is 64.7 Å². The molecule has 0 bridgehead atoms. The van der Waals surface area contributed by atoms with E-state index in [4.69, 9.17) is 17.3 Å². The Hall–Kier alpha value is -1.80. The first-order valence-electron chi connectivity index (χ1n) is 5.29. The standard InChI is InChI=1S/C14H12ClNO/c15-12-8-4-7-11(14(12)16)13(17)9-10-5-2-1-3-6-10/h1-8H,9,16H2. The zero-order chi connectivity index (χ0) is 12.3. The van der Waals surface area contributed by atoms with Gasteiger partial charge in [0.2, 0.25) is 0 Å². The predicted molar refractivity (Wildman–Crippen MR) is 70.3 cm³/mol. The van der Waals surface area contributed by atoms with Crippen LogP contribution in [0, 0.1) is 0 Å². The second-order valence-electron chi connectivity index (χ2n) is 3.79. The maximum Gasteiger partial charge on any atom is 0.169 e. The molecule has 2 aromatic rings. The minimum absolute atomic E-state index is 0.0174. The molecule has 86 valence electrons. The van der Waals surface area contributed by atoms with Gasteiger partial charge in [0.05, 0.1) is 10.7 Å². The zero-order valence-electron chi connectivity index (χ0n) is 9.19. The van der Waals surface area contributed by atoms with E-state index in [2.05, 4.69) is 0 Å². The molecule has 0 fully saturated rings. The molecule has 2 N–H and O–H groups in total. The monoisotopic (exact) mass is 245 g/mol. The summed E-state index contributed by atoms with van der Waals surface area (Å²) >= 11 is 5.88. The summed E-state index contributed by atoms with van der Waals surface area (Å²) in [5.74, 6) is -0.0174. The molecule has 0 aromatic heterocycles. The van der Waals surface area contributed by atoms with E-state index in [1.54, 1.807) is 18.2 Å². The Bertz CT molecular complexity index is 537. The van der Waals surface area contributed by atoms with Gasteiger partial charge in [-0.1, -0.05) is 48.0 Å². The van der Waals surface area contributed by atoms with Crippen LogP contribution in [0.1, 0.15) is 15.9 Å². The molecule has 0 radical (unpaired) electrons. The van der Waals surface area contributed by atoms with Crippen molar-refractivity contribution in [3.63, 3.8) is 0 Å². The van der Waals surface area contributed by atoms with Crippen molar-refractivity contribution in [2.45, 2.75) is 6.42 Å². The molecule has 0 atom stereocenters. The van der Waals surface area contributed by atoms with Crippen molar-refractivity contribution < 1.29 is 4.79 Å². The molecular weight excluding hydrogens is 234 g/mol. The molecule has 0 aliphatic rings. The number of benzene rings is 2. The van der Waals surface area contributed by atoms with E-state index < -0.39 is 0 Å². The molecule has 0 amide bonds. The van der Waals surface area contributed by atoms with Gasteiger partial charge in [-0.15, -0.1) is 0 Å². The number of nitrogen functional groups attached to an aromatic ring is 1. The molecule has 0 aliphatic carbocycles. The van der Waals surface area contributed by atoms with E-state index in [1.165, 1.54) is 0 Å². The summed E-state index contributed by atoms with van der Waals surface area (Å²) in [4.78, 5) is 12.0. The van der Waals surface area contributed by atoms with Gasteiger partial charge in [0.1, 0.15) is 0 Å². The predicted octanol–water partition coefficient (Wildman–Crippen LogP) is 3.35. The Morgan fingerprint density at radius 2 is 1.76 bits per heavy atom. The summed E-state index contributed by atoms with van der Waals surface area (Å²) in [6.45, 7) is 0. The number of rotatable bonds is 3. The Balaban J connectivity index is 2.24. The number of hydrogen-bond acceptors (Lipinski definition) is 2. The highest BCUT2D eigenvalue weighted by atomic mass is 35.5. The third kappa shape index (κ3) is 2.66. The highest BCUT2D eigenvalue weighted by molar-refractivity contribution is 6.34. The van der Waals surface area contributed by atoms with Gasteiger partial charge < -0.3 is 5.73 Å². The minimum atomic E-state index is -0.0174. The third-order valence-corrected chi connectivity index (χ3v) is 2.89. The first-order chi connectivity index (χ1) is 8.18. The van der Waals surface area contributed by atoms with E-state index in [-0.39, 0.29) is 5.78 Å². The summed E-state index contributed by atoms with van der Waals surface area (Å²) in [6, 6.07) is 14.7. The summed E-state index contributed by atoms with van der Waals surface area (Å²) in [5, 5.41) is 0.420. The molecule has 0 aliphatic heterocycles. The van der Waals surface area contributed by atoms with Gasteiger partial charge in [-0.2, -0.15) is 0 Å². The number of ketones is 1. The van der Waals surface area contributed by atoms with Crippen molar-refractivity contribution in [3.8, 4) is 0 Å². The van der Waals surface area contributed by atoms with Crippen LogP contribution in [0.15, 0.2) is 48.5 Å². The maximum atomic E-state index is 12.0. The molecule has 3 heteroatoms. The largest absolute Gasteiger partial charge is 0.397 e. The van der Waals surface area contributed by atoms with Crippen molar-refractivity contribution in [1.29, 1.82) is 0 Å². The number of halogens is 1. The number of hydrogen-bond donors (Lipinski definition) is 1. The lowest BCUT2D eigenvalue weighted by Crippen LogP contribution is -2.07. The van der Waals surface area contributed by atoms with E-state index in [0.717, 1.165) is 5.56 Å². The van der Waals surface area contributed by atoms with Crippen LogP contribution in [0.2, 0.25) is 5.02 Å². The average Bonchev–Trinajstić information content (AvgIpc) is 2.34. The summed E-state index contributed by atoms with van der Waals surface area (Å²) in [6.07, 6.45) is 0.339. The van der Waals surface area contributed by atoms with Gasteiger partial charge in [0, 0.05) is 12.0 Å². The fraction of sp³-hybridized carbons (Fsp3) is 0.0714. The molecule has 2 nitrogen and oxygen atoms in total. The SMILES string of the molecule is Nc1c(Cl)cccc1C(=O)Cc1ccccc1. The Morgan fingerprint density at radius 1 is 1.06 bits per heavy atom. The van der Waals surface area contributed by atoms with Gasteiger partial charge in [-0.25, -0.2) is 0 Å². The molecular formula is C14H12ClNO. The lowest BCUT2D eigenvalue weighted by Gasteiger charge is -2.06. The van der Waals surface area contributed by atoms with Crippen LogP contribution < -0.4 is 5.73 Å². The van der Waals surface area contributed by atoms with Crippen LogP contribution in [0.25, 0.3) is 0 Å². The van der Waals surface area contributed by atoms with E-state index in [1.807, 2.05) is 30.3 Å². The third-order valence-electron chi connectivity index (χ3n) is 2.56. The van der Waals surface area contributed by atoms with Gasteiger partial charge >= 0.3 is 0 Å². The first-order valence-corrected chi connectivity index (χ1v) is 5.67. The molecule has 0 heterocycles. The summed E-state index contributed by atoms with van der Waals surface area (Å²) in [5.41, 5.74) is 7.60. The second kappa shape index (κ2) is 5.02. The average molecular weight is 246 g/mol. The molecule has 0 unspecified atom stereocenters. The van der Waals surface area contributed by atoms with Crippen LogP contribution in [0.3, 0.4) is 0 Å². The number of Topliss-reactive ketones (excluding diaryl/α,β-unsaturated/α-hetero) is 1. The molecule has 0 saturated carbocycles. The quantitative estimate of drug-likeness (QED) is 0.666. The Labute approximate surface area is 105 Å². The van der Waals surface area contributed by atoms with Gasteiger partial charge in [0.25, 0.3) is 0 Å². The first kappa shape index (κ1) is 11.7. The smallest absolute Gasteiger partial charge is 0.169 e. The van der Waals surface area contributed by atoms with Gasteiger partial charge in [-0.3, -0.25) is 4.79 Å². The lowest BCUT2D eigenvalue weighted by atomic mass is 10.0. The van der Waals surface area contributed by atoms with Crippen molar-refractivity contribution in [1.82, 2.24) is 0 Å². The molecule has 17 heavy (non-hydrogen) atoms. The highest BCUT2D eigenvalue weighted by Crippen LogP contribution is 2.23. The number of anilines is 1. The van der Waals surface area contributed by atoms with Crippen LogP contribution >= 0.6 is 11.6 Å². The fourth-order valence-electron chi connectivity index (χ4n) is 1.66. The van der Waals surface area contributed by atoms with Gasteiger partial charge in [-0.05, 0) is 17.7 Å². The highest BCUT2D eigenvalue weighted by Gasteiger charge is 2.11. The van der Waals surface area contributed by atoms with Crippen molar-refractivity contribution in [2.24, 2.45) is 0 Å². The molecule has 2 aromatic carbocycles. The van der Waals surface area contributed by atoms with Crippen molar-refractivity contribution in [2.75, 3.05) is 5.73 Å². The van der Waals surface area contributed by atoms with E-state index in [0.29, 0.717) is 22.7 Å². The lowest BCUT2D eigenvalue weighted by molar-refractivity contribution is 0.0994.